The second kappa shape index (κ2) is 4.82. The standard InChI is InChI=1S/C8H9NO6S2/c1-4(7(10)11)9-17(14,15)5-2-3-16-6(5)8(12)13/h2-4,9H,1H3,(H,10,11)(H,12,13)/t4-/m0/s1. The van der Waals surface area contributed by atoms with Crippen LogP contribution in [-0.2, 0) is 14.8 Å². The molecule has 0 aromatic carbocycles. The number of thiophene rings is 1. The predicted octanol–water partition coefficient (Wildman–Crippen LogP) is 0.198. The Morgan fingerprint density at radius 3 is 2.47 bits per heavy atom. The van der Waals surface area contributed by atoms with Gasteiger partial charge in [-0.15, -0.1) is 11.3 Å². The van der Waals surface area contributed by atoms with Crippen molar-refractivity contribution >= 4 is 33.3 Å². The van der Waals surface area contributed by atoms with Crippen molar-refractivity contribution in [2.45, 2.75) is 17.9 Å². The number of aromatic carboxylic acids is 1. The third-order valence-corrected chi connectivity index (χ3v) is 4.43. The number of carboxylic acids is 2. The Morgan fingerprint density at radius 2 is 2.00 bits per heavy atom. The van der Waals surface area contributed by atoms with Gasteiger partial charge in [-0.1, -0.05) is 0 Å². The van der Waals surface area contributed by atoms with E-state index >= 15 is 0 Å². The van der Waals surface area contributed by atoms with E-state index in [1.165, 1.54) is 5.38 Å². The molecule has 1 aromatic heterocycles. The van der Waals surface area contributed by atoms with E-state index < -0.39 is 32.9 Å². The van der Waals surface area contributed by atoms with Gasteiger partial charge in [0.2, 0.25) is 10.0 Å². The van der Waals surface area contributed by atoms with Crippen LogP contribution in [0.4, 0.5) is 0 Å². The first-order valence-electron chi connectivity index (χ1n) is 4.31. The molecule has 0 aliphatic heterocycles. The average molecular weight is 279 g/mol. The lowest BCUT2D eigenvalue weighted by molar-refractivity contribution is -0.138. The van der Waals surface area contributed by atoms with E-state index in [9.17, 15) is 18.0 Å². The van der Waals surface area contributed by atoms with Crippen LogP contribution in [0.1, 0.15) is 16.6 Å². The normalized spacial score (nSPS) is 13.2. The number of hydrogen-bond donors (Lipinski definition) is 3. The van der Waals surface area contributed by atoms with Gasteiger partial charge in [-0.3, -0.25) is 4.79 Å². The molecule has 94 valence electrons. The molecule has 7 nitrogen and oxygen atoms in total. The minimum Gasteiger partial charge on any atom is -0.480 e. The van der Waals surface area contributed by atoms with Crippen LogP contribution in [0.25, 0.3) is 0 Å². The van der Waals surface area contributed by atoms with Crippen molar-refractivity contribution in [2.75, 3.05) is 0 Å². The smallest absolute Gasteiger partial charge is 0.347 e. The fraction of sp³-hybridized carbons (Fsp3) is 0.250. The van der Waals surface area contributed by atoms with Gasteiger partial charge in [0, 0.05) is 0 Å². The van der Waals surface area contributed by atoms with Crippen molar-refractivity contribution in [1.82, 2.24) is 4.72 Å². The van der Waals surface area contributed by atoms with E-state index in [1.807, 2.05) is 4.72 Å². The maximum absolute atomic E-state index is 11.7. The van der Waals surface area contributed by atoms with E-state index in [4.69, 9.17) is 10.2 Å². The Kier molecular flexibility index (Phi) is 3.86. The van der Waals surface area contributed by atoms with Gasteiger partial charge in [-0.2, -0.15) is 4.72 Å². The van der Waals surface area contributed by atoms with Crippen LogP contribution in [0.2, 0.25) is 0 Å². The number of aliphatic carboxylic acids is 1. The maximum Gasteiger partial charge on any atom is 0.347 e. The lowest BCUT2D eigenvalue weighted by Gasteiger charge is -2.09. The molecule has 0 saturated heterocycles. The molecule has 3 N–H and O–H groups in total. The minimum absolute atomic E-state index is 0.352. The number of carbonyl (C=O) groups is 2. The first-order valence-corrected chi connectivity index (χ1v) is 6.68. The fourth-order valence-electron chi connectivity index (χ4n) is 1.01. The van der Waals surface area contributed by atoms with Gasteiger partial charge in [0.1, 0.15) is 15.8 Å². The van der Waals surface area contributed by atoms with Gasteiger partial charge in [0.15, 0.2) is 0 Å². The molecule has 1 aromatic rings. The van der Waals surface area contributed by atoms with Gasteiger partial charge in [-0.25, -0.2) is 13.2 Å². The second-order valence-corrected chi connectivity index (χ2v) is 5.70. The fourth-order valence-corrected chi connectivity index (χ4v) is 3.47. The zero-order valence-electron chi connectivity index (χ0n) is 8.58. The highest BCUT2D eigenvalue weighted by atomic mass is 32.2. The van der Waals surface area contributed by atoms with Gasteiger partial charge < -0.3 is 10.2 Å². The topological polar surface area (TPSA) is 121 Å². The molecule has 0 spiro atoms. The van der Waals surface area contributed by atoms with Crippen LogP contribution in [-0.4, -0.2) is 36.6 Å². The molecular weight excluding hydrogens is 270 g/mol. The molecule has 1 heterocycles. The molecule has 1 rings (SSSR count). The molecule has 0 radical (unpaired) electrons. The summed E-state index contributed by atoms with van der Waals surface area (Å²) in [7, 11) is -4.14. The van der Waals surface area contributed by atoms with Crippen LogP contribution in [0.15, 0.2) is 16.3 Å². The van der Waals surface area contributed by atoms with Crippen LogP contribution in [0, 0.1) is 0 Å². The summed E-state index contributed by atoms with van der Waals surface area (Å²) >= 11 is 0.754. The number of hydrogen-bond acceptors (Lipinski definition) is 5. The average Bonchev–Trinajstić information content (AvgIpc) is 2.65. The molecule has 0 fully saturated rings. The lowest BCUT2D eigenvalue weighted by Crippen LogP contribution is -2.38. The van der Waals surface area contributed by atoms with Crippen LogP contribution in [0.5, 0.6) is 0 Å². The Hall–Kier alpha value is -1.45. The van der Waals surface area contributed by atoms with E-state index in [1.54, 1.807) is 0 Å². The molecule has 0 aliphatic rings. The number of rotatable bonds is 5. The highest BCUT2D eigenvalue weighted by molar-refractivity contribution is 7.89. The molecule has 0 amide bonds. The van der Waals surface area contributed by atoms with Crippen LogP contribution >= 0.6 is 11.3 Å². The zero-order chi connectivity index (χ0) is 13.2. The van der Waals surface area contributed by atoms with Crippen LogP contribution < -0.4 is 4.72 Å². The predicted molar refractivity (Wildman–Crippen MR) is 58.7 cm³/mol. The van der Waals surface area contributed by atoms with Gasteiger partial charge >= 0.3 is 11.9 Å². The summed E-state index contributed by atoms with van der Waals surface area (Å²) in [6, 6.07) is -0.216. The number of sulfonamides is 1. The summed E-state index contributed by atoms with van der Waals surface area (Å²) in [4.78, 5) is 20.5. The summed E-state index contributed by atoms with van der Waals surface area (Å²) in [6.07, 6.45) is 0. The van der Waals surface area contributed by atoms with E-state index in [0.717, 1.165) is 24.3 Å². The summed E-state index contributed by atoms with van der Waals surface area (Å²) in [5.41, 5.74) is 0. The molecule has 17 heavy (non-hydrogen) atoms. The third-order valence-electron chi connectivity index (χ3n) is 1.82. The van der Waals surface area contributed by atoms with Gasteiger partial charge in [-0.05, 0) is 18.4 Å². The second-order valence-electron chi connectivity index (χ2n) is 3.10. The Labute approximate surface area is 101 Å². The number of nitrogens with one attached hydrogen (secondary N) is 1. The van der Waals surface area contributed by atoms with Gasteiger partial charge in [0.05, 0.1) is 0 Å². The molecule has 0 aliphatic carbocycles. The Bertz CT molecular complexity index is 546. The summed E-state index contributed by atoms with van der Waals surface area (Å²) < 4.78 is 25.3. The quantitative estimate of drug-likeness (QED) is 0.708. The molecular formula is C8H9NO6S2. The summed E-state index contributed by atoms with van der Waals surface area (Å²) in [5, 5.41) is 18.7. The Morgan fingerprint density at radius 1 is 1.41 bits per heavy atom. The summed E-state index contributed by atoms with van der Waals surface area (Å²) in [5.74, 6) is -2.72. The number of carboxylic acid groups (broad SMARTS) is 2. The van der Waals surface area contributed by atoms with E-state index in [0.29, 0.717) is 0 Å². The molecule has 1 atom stereocenters. The van der Waals surface area contributed by atoms with Crippen LogP contribution in [0.3, 0.4) is 0 Å². The monoisotopic (exact) mass is 279 g/mol. The highest BCUT2D eigenvalue weighted by Gasteiger charge is 2.27. The van der Waals surface area contributed by atoms with Crippen molar-refractivity contribution in [3.63, 3.8) is 0 Å². The minimum atomic E-state index is -4.14. The molecule has 0 saturated carbocycles. The summed E-state index contributed by atoms with van der Waals surface area (Å²) in [6.45, 7) is 1.15. The van der Waals surface area contributed by atoms with Crippen molar-refractivity contribution in [3.05, 3.63) is 16.3 Å². The van der Waals surface area contributed by atoms with Crippen molar-refractivity contribution in [3.8, 4) is 0 Å². The SMILES string of the molecule is C[C@H](NS(=O)(=O)c1ccsc1C(=O)O)C(=O)O. The van der Waals surface area contributed by atoms with E-state index in [2.05, 4.69) is 0 Å². The zero-order valence-corrected chi connectivity index (χ0v) is 10.2. The Balaban J connectivity index is 3.10. The first-order chi connectivity index (χ1) is 7.75. The molecule has 9 heteroatoms. The van der Waals surface area contributed by atoms with Gasteiger partial charge in [0.25, 0.3) is 0 Å². The third kappa shape index (κ3) is 3.02. The molecule has 0 unspecified atom stereocenters. The highest BCUT2D eigenvalue weighted by Crippen LogP contribution is 2.21. The molecule has 0 bridgehead atoms. The first kappa shape index (κ1) is 13.6. The largest absolute Gasteiger partial charge is 0.480 e. The van der Waals surface area contributed by atoms with Crippen molar-refractivity contribution in [1.29, 1.82) is 0 Å². The van der Waals surface area contributed by atoms with E-state index in [-0.39, 0.29) is 4.88 Å². The van der Waals surface area contributed by atoms with Crippen molar-refractivity contribution < 1.29 is 28.2 Å². The lowest BCUT2D eigenvalue weighted by atomic mass is 10.4. The van der Waals surface area contributed by atoms with Crippen molar-refractivity contribution in [2.24, 2.45) is 0 Å². The maximum atomic E-state index is 11.7.